The van der Waals surface area contributed by atoms with E-state index in [2.05, 4.69) is 193 Å². The minimum absolute atomic E-state index is 0.840. The van der Waals surface area contributed by atoms with Crippen molar-refractivity contribution in [2.75, 3.05) is 4.90 Å². The predicted molar refractivity (Wildman–Crippen MR) is 210 cm³/mol. The van der Waals surface area contributed by atoms with Crippen molar-refractivity contribution in [2.24, 2.45) is 0 Å². The summed E-state index contributed by atoms with van der Waals surface area (Å²) in [6.07, 6.45) is 0. The highest BCUT2D eigenvalue weighted by Crippen LogP contribution is 2.45. The van der Waals surface area contributed by atoms with Crippen LogP contribution in [0, 0.1) is 0 Å². The third-order valence-corrected chi connectivity index (χ3v) is 9.51. The summed E-state index contributed by atoms with van der Waals surface area (Å²) in [5.74, 6) is 0.840. The molecule has 0 saturated heterocycles. The van der Waals surface area contributed by atoms with E-state index >= 15 is 0 Å². The van der Waals surface area contributed by atoms with Crippen molar-refractivity contribution in [2.45, 2.75) is 0 Å². The Hall–Kier alpha value is -6.64. The second-order valence-corrected chi connectivity index (χ2v) is 12.5. The monoisotopic (exact) mass is 639 g/mol. The second kappa shape index (κ2) is 12.8. The minimum atomic E-state index is 0.840. The van der Waals surface area contributed by atoms with Gasteiger partial charge in [-0.1, -0.05) is 158 Å². The van der Waals surface area contributed by atoms with Crippen molar-refractivity contribution in [3.05, 3.63) is 200 Å². The van der Waals surface area contributed by atoms with Gasteiger partial charge in [-0.05, 0) is 81.1 Å². The number of nitrogens with zero attached hydrogens (tertiary/aromatic N) is 1. The van der Waals surface area contributed by atoms with E-state index in [1.807, 2.05) is 12.1 Å². The number of benzene rings is 8. The molecule has 8 aromatic carbocycles. The summed E-state index contributed by atoms with van der Waals surface area (Å²) in [5, 5.41) is 3.61. The number of para-hydroxylation sites is 3. The first kappa shape index (κ1) is 29.5. The topological polar surface area (TPSA) is 16.4 Å². The zero-order chi connectivity index (χ0) is 33.3. The van der Waals surface area contributed by atoms with Gasteiger partial charge in [0.15, 0.2) is 0 Å². The van der Waals surface area contributed by atoms with Gasteiger partial charge < -0.3 is 9.32 Å². The van der Waals surface area contributed by atoms with E-state index in [1.165, 1.54) is 33.0 Å². The Morgan fingerprint density at radius 1 is 0.340 bits per heavy atom. The van der Waals surface area contributed by atoms with E-state index in [0.717, 1.165) is 50.5 Å². The molecular weight excluding hydrogens is 607 g/mol. The molecule has 2 nitrogen and oxygen atoms in total. The van der Waals surface area contributed by atoms with Crippen molar-refractivity contribution in [1.82, 2.24) is 0 Å². The van der Waals surface area contributed by atoms with Crippen LogP contribution in [-0.4, -0.2) is 0 Å². The Morgan fingerprint density at radius 3 is 1.62 bits per heavy atom. The lowest BCUT2D eigenvalue weighted by Gasteiger charge is -2.29. The zero-order valence-corrected chi connectivity index (χ0v) is 27.4. The van der Waals surface area contributed by atoms with Gasteiger partial charge in [0.05, 0.1) is 11.4 Å². The van der Waals surface area contributed by atoms with Crippen molar-refractivity contribution in [3.63, 3.8) is 0 Å². The fourth-order valence-electron chi connectivity index (χ4n) is 7.05. The Bertz CT molecular complexity index is 2540. The quantitative estimate of drug-likeness (QED) is 0.173. The first-order chi connectivity index (χ1) is 24.8. The summed E-state index contributed by atoms with van der Waals surface area (Å²) in [5.41, 5.74) is 12.2. The van der Waals surface area contributed by atoms with Crippen LogP contribution < -0.4 is 4.90 Å². The van der Waals surface area contributed by atoms with E-state index in [0.29, 0.717) is 0 Å². The predicted octanol–water partition coefficient (Wildman–Crippen LogP) is 13.7. The minimum Gasteiger partial charge on any atom is -0.456 e. The van der Waals surface area contributed by atoms with Crippen LogP contribution in [0.3, 0.4) is 0 Å². The molecule has 1 heterocycles. The van der Waals surface area contributed by atoms with Crippen LogP contribution in [0.15, 0.2) is 205 Å². The molecule has 0 aliphatic heterocycles. The van der Waals surface area contributed by atoms with Crippen molar-refractivity contribution < 1.29 is 4.42 Å². The van der Waals surface area contributed by atoms with Crippen LogP contribution in [0.5, 0.6) is 0 Å². The molecule has 2 heteroatoms. The Labute approximate surface area is 292 Å². The van der Waals surface area contributed by atoms with Crippen LogP contribution in [-0.2, 0) is 0 Å². The molecule has 0 N–H and O–H groups in total. The second-order valence-electron chi connectivity index (χ2n) is 12.5. The Morgan fingerprint density at radius 2 is 0.860 bits per heavy atom. The van der Waals surface area contributed by atoms with Crippen LogP contribution >= 0.6 is 0 Å². The van der Waals surface area contributed by atoms with Gasteiger partial charge in [0.25, 0.3) is 0 Å². The van der Waals surface area contributed by atoms with E-state index in [9.17, 15) is 0 Å². The molecule has 0 aliphatic carbocycles. The third-order valence-electron chi connectivity index (χ3n) is 9.51. The summed E-state index contributed by atoms with van der Waals surface area (Å²) in [7, 11) is 0. The van der Waals surface area contributed by atoms with E-state index in [4.69, 9.17) is 4.42 Å². The highest BCUT2D eigenvalue weighted by molar-refractivity contribution is 5.97. The van der Waals surface area contributed by atoms with E-state index < -0.39 is 0 Å². The highest BCUT2D eigenvalue weighted by Gasteiger charge is 2.21. The van der Waals surface area contributed by atoms with Gasteiger partial charge in [-0.2, -0.15) is 0 Å². The molecule has 0 atom stereocenters. The molecule has 9 aromatic rings. The molecule has 0 spiro atoms. The largest absolute Gasteiger partial charge is 0.456 e. The van der Waals surface area contributed by atoms with Gasteiger partial charge >= 0.3 is 0 Å². The fourth-order valence-corrected chi connectivity index (χ4v) is 7.05. The normalized spacial score (nSPS) is 11.2. The smallest absolute Gasteiger partial charge is 0.137 e. The standard InChI is InChI=1S/C48H33NO/c1-2-13-37(14-3-1)43-19-7-9-22-45(43)49(46-23-10-8-20-44(46)48-33-39-16-5-11-24-47(39)50-48)40-31-29-35(30-32-40)34-25-27-38(28-26-34)42-21-12-17-36-15-4-6-18-41(36)42/h1-33H. The van der Waals surface area contributed by atoms with E-state index in [-0.39, 0.29) is 0 Å². The van der Waals surface area contributed by atoms with Crippen molar-refractivity contribution in [1.29, 1.82) is 0 Å². The highest BCUT2D eigenvalue weighted by atomic mass is 16.3. The van der Waals surface area contributed by atoms with Crippen molar-refractivity contribution in [3.8, 4) is 44.7 Å². The molecule has 1 aromatic heterocycles. The molecule has 0 saturated carbocycles. The maximum Gasteiger partial charge on any atom is 0.137 e. The van der Waals surface area contributed by atoms with Gasteiger partial charge in [-0.25, -0.2) is 0 Å². The lowest BCUT2D eigenvalue weighted by atomic mass is 9.96. The molecule has 0 aliphatic rings. The van der Waals surface area contributed by atoms with Gasteiger partial charge in [-0.3, -0.25) is 0 Å². The number of fused-ring (bicyclic) bond motifs is 2. The molecule has 50 heavy (non-hydrogen) atoms. The number of hydrogen-bond acceptors (Lipinski definition) is 2. The number of rotatable bonds is 7. The van der Waals surface area contributed by atoms with Gasteiger partial charge in [0.2, 0.25) is 0 Å². The fraction of sp³-hybridized carbons (Fsp3) is 0. The molecule has 236 valence electrons. The summed E-state index contributed by atoms with van der Waals surface area (Å²) in [6.45, 7) is 0. The number of anilines is 3. The third kappa shape index (κ3) is 5.43. The summed E-state index contributed by atoms with van der Waals surface area (Å²) in [6, 6.07) is 71.0. The first-order valence-corrected chi connectivity index (χ1v) is 17.0. The zero-order valence-electron chi connectivity index (χ0n) is 27.4. The lowest BCUT2D eigenvalue weighted by molar-refractivity contribution is 0.631. The van der Waals surface area contributed by atoms with Gasteiger partial charge in [0.1, 0.15) is 11.3 Å². The molecule has 0 amide bonds. The molecule has 0 bridgehead atoms. The molecule has 0 unspecified atom stereocenters. The molecule has 0 fully saturated rings. The van der Waals surface area contributed by atoms with Crippen LogP contribution in [0.4, 0.5) is 17.1 Å². The SMILES string of the molecule is c1ccc(-c2ccccc2N(c2ccc(-c3ccc(-c4cccc5ccccc45)cc3)cc2)c2ccccc2-c2cc3ccccc3o2)cc1. The van der Waals surface area contributed by atoms with Gasteiger partial charge in [-0.15, -0.1) is 0 Å². The van der Waals surface area contributed by atoms with Crippen LogP contribution in [0.25, 0.3) is 66.4 Å². The maximum absolute atomic E-state index is 6.45. The summed E-state index contributed by atoms with van der Waals surface area (Å²) in [4.78, 5) is 2.36. The average molecular weight is 640 g/mol. The Balaban J connectivity index is 1.14. The average Bonchev–Trinajstić information content (AvgIpc) is 3.63. The number of hydrogen-bond donors (Lipinski definition) is 0. The molecular formula is C48H33NO. The van der Waals surface area contributed by atoms with Crippen molar-refractivity contribution >= 4 is 38.8 Å². The van der Waals surface area contributed by atoms with Crippen LogP contribution in [0.1, 0.15) is 0 Å². The lowest BCUT2D eigenvalue weighted by Crippen LogP contribution is -2.12. The maximum atomic E-state index is 6.45. The summed E-state index contributed by atoms with van der Waals surface area (Å²) < 4.78 is 6.45. The molecule has 0 radical (unpaired) electrons. The Kier molecular flexibility index (Phi) is 7.53. The van der Waals surface area contributed by atoms with E-state index in [1.54, 1.807) is 0 Å². The number of furan rings is 1. The first-order valence-electron chi connectivity index (χ1n) is 17.0. The molecule has 9 rings (SSSR count). The summed E-state index contributed by atoms with van der Waals surface area (Å²) >= 11 is 0. The van der Waals surface area contributed by atoms with Crippen LogP contribution in [0.2, 0.25) is 0 Å². The van der Waals surface area contributed by atoms with Gasteiger partial charge in [0, 0.05) is 22.2 Å².